The fourth-order valence-electron chi connectivity index (χ4n) is 0.0821. The van der Waals surface area contributed by atoms with E-state index in [-0.39, 0.29) is 0 Å². The van der Waals surface area contributed by atoms with Crippen LogP contribution in [0.25, 0.3) is 0 Å². The molecule has 0 aliphatic rings. The summed E-state index contributed by atoms with van der Waals surface area (Å²) < 4.78 is 4.21. The zero-order valence-corrected chi connectivity index (χ0v) is 4.87. The quantitative estimate of drug-likeness (QED) is 0.179. The average molecular weight is 121 g/mol. The summed E-state index contributed by atoms with van der Waals surface area (Å²) >= 11 is 1.46. The van der Waals surface area contributed by atoms with Crippen LogP contribution in [0.4, 0.5) is 0 Å². The fraction of sp³-hybridized carbons (Fsp3) is 0.333. The standard InChI is InChI=1S/C3H6O2.Ti/c1-2-3-5-4;/h2,4H,1,3H2;/q;+1/p-1. The first-order valence-electron chi connectivity index (χ1n) is 1.48. The van der Waals surface area contributed by atoms with E-state index in [1.807, 2.05) is 0 Å². The molecule has 6 heavy (non-hydrogen) atoms. The third-order valence-corrected chi connectivity index (χ3v) is 0.429. The van der Waals surface area contributed by atoms with Crippen LogP contribution in [0, 0.1) is 0 Å². The third-order valence-electron chi connectivity index (χ3n) is 0.245. The molecule has 0 atom stereocenters. The van der Waals surface area contributed by atoms with Gasteiger partial charge in [-0.15, -0.1) is 0 Å². The SMILES string of the molecule is C=CCO[O][Ti]. The Morgan fingerprint density at radius 2 is 2.50 bits per heavy atom. The summed E-state index contributed by atoms with van der Waals surface area (Å²) in [5.74, 6) is 0. The van der Waals surface area contributed by atoms with Crippen molar-refractivity contribution in [1.29, 1.82) is 0 Å². The molecule has 0 aromatic heterocycles. The van der Waals surface area contributed by atoms with Gasteiger partial charge in [0.15, 0.2) is 0 Å². The summed E-state index contributed by atoms with van der Waals surface area (Å²) in [6, 6.07) is 0. The van der Waals surface area contributed by atoms with Gasteiger partial charge in [-0.25, -0.2) is 0 Å². The van der Waals surface area contributed by atoms with E-state index in [0.717, 1.165) is 0 Å². The summed E-state index contributed by atoms with van der Waals surface area (Å²) in [4.78, 5) is 4.36. The first-order valence-corrected chi connectivity index (χ1v) is 2.11. The normalized spacial score (nSPS) is 7.83. The van der Waals surface area contributed by atoms with Gasteiger partial charge < -0.3 is 0 Å². The molecule has 0 fully saturated rings. The molecule has 2 nitrogen and oxygen atoms in total. The second kappa shape index (κ2) is 5.37. The van der Waals surface area contributed by atoms with E-state index in [4.69, 9.17) is 0 Å². The second-order valence-corrected chi connectivity index (χ2v) is 0.917. The summed E-state index contributed by atoms with van der Waals surface area (Å²) in [5, 5.41) is 0. The molecule has 0 saturated heterocycles. The minimum absolute atomic E-state index is 0.455. The fourth-order valence-corrected chi connectivity index (χ4v) is 0.188. The van der Waals surface area contributed by atoms with Gasteiger partial charge in [-0.3, -0.25) is 0 Å². The molecule has 0 rings (SSSR count). The third kappa shape index (κ3) is 4.37. The van der Waals surface area contributed by atoms with Crippen LogP contribution < -0.4 is 0 Å². The molecule has 0 aliphatic heterocycles. The Morgan fingerprint density at radius 1 is 1.83 bits per heavy atom. The molecule has 0 heterocycles. The first-order chi connectivity index (χ1) is 2.91. The zero-order valence-electron chi connectivity index (χ0n) is 3.31. The van der Waals surface area contributed by atoms with Gasteiger partial charge in [0.25, 0.3) is 0 Å². The van der Waals surface area contributed by atoms with Gasteiger partial charge in [-0.1, -0.05) is 0 Å². The number of rotatable bonds is 3. The molecule has 0 radical (unpaired) electrons. The van der Waals surface area contributed by atoms with Crippen LogP contribution in [-0.2, 0) is 29.2 Å². The van der Waals surface area contributed by atoms with Gasteiger partial charge in [-0.05, 0) is 0 Å². The van der Waals surface area contributed by atoms with Gasteiger partial charge in [0.05, 0.1) is 0 Å². The van der Waals surface area contributed by atoms with E-state index in [2.05, 4.69) is 14.9 Å². The Kier molecular flexibility index (Phi) is 5.71. The van der Waals surface area contributed by atoms with Gasteiger partial charge in [-0.2, -0.15) is 0 Å². The van der Waals surface area contributed by atoms with Crippen LogP contribution in [0.15, 0.2) is 12.7 Å². The van der Waals surface area contributed by atoms with Crippen LogP contribution >= 0.6 is 0 Å². The Hall–Kier alpha value is 0.374. The van der Waals surface area contributed by atoms with Crippen molar-refractivity contribution in [3.8, 4) is 0 Å². The van der Waals surface area contributed by atoms with Gasteiger partial charge >= 0.3 is 48.4 Å². The van der Waals surface area contributed by atoms with Crippen LogP contribution in [-0.4, -0.2) is 6.61 Å². The van der Waals surface area contributed by atoms with Gasteiger partial charge in [0.2, 0.25) is 0 Å². The Balaban J connectivity index is 2.49. The second-order valence-electron chi connectivity index (χ2n) is 0.657. The zero-order chi connectivity index (χ0) is 4.83. The molecule has 0 aromatic carbocycles. The number of hydrogen-bond donors (Lipinski definition) is 0. The molecule has 0 spiro atoms. The van der Waals surface area contributed by atoms with Gasteiger partial charge in [0, 0.05) is 0 Å². The van der Waals surface area contributed by atoms with Crippen molar-refractivity contribution < 1.29 is 29.2 Å². The monoisotopic (exact) mass is 121 g/mol. The molecule has 0 aromatic rings. The summed E-state index contributed by atoms with van der Waals surface area (Å²) in [6.07, 6.45) is 1.61. The molecular weight excluding hydrogens is 116 g/mol. The van der Waals surface area contributed by atoms with Crippen LogP contribution in [0.2, 0.25) is 0 Å². The summed E-state index contributed by atoms with van der Waals surface area (Å²) in [6.45, 7) is 3.85. The summed E-state index contributed by atoms with van der Waals surface area (Å²) in [5.41, 5.74) is 0. The first kappa shape index (κ1) is 6.37. The Morgan fingerprint density at radius 3 is 2.67 bits per heavy atom. The van der Waals surface area contributed by atoms with Crippen molar-refractivity contribution in [3.63, 3.8) is 0 Å². The van der Waals surface area contributed by atoms with Crippen molar-refractivity contribution in [2.45, 2.75) is 0 Å². The Bertz CT molecular complexity index is 37.8. The molecule has 0 aliphatic carbocycles. The number of hydrogen-bond acceptors (Lipinski definition) is 2. The maximum absolute atomic E-state index is 4.36. The van der Waals surface area contributed by atoms with Crippen molar-refractivity contribution in [1.82, 2.24) is 0 Å². The molecule has 0 N–H and O–H groups in total. The van der Waals surface area contributed by atoms with E-state index in [0.29, 0.717) is 6.61 Å². The maximum atomic E-state index is 4.36. The molecule has 3 heteroatoms. The molecular formula is C3H5O2Ti. The van der Waals surface area contributed by atoms with E-state index in [9.17, 15) is 0 Å². The molecule has 33 valence electrons. The minimum atomic E-state index is 0.455. The average Bonchev–Trinajstić information content (AvgIpc) is 1.61. The Labute approximate surface area is 48.9 Å². The van der Waals surface area contributed by atoms with E-state index < -0.39 is 0 Å². The molecule has 0 bridgehead atoms. The predicted molar refractivity (Wildman–Crippen MR) is 17.2 cm³/mol. The van der Waals surface area contributed by atoms with Crippen molar-refractivity contribution in [2.75, 3.05) is 6.61 Å². The molecule has 0 amide bonds. The molecule has 0 unspecified atom stereocenters. The summed E-state index contributed by atoms with van der Waals surface area (Å²) in [7, 11) is 0. The van der Waals surface area contributed by atoms with Crippen molar-refractivity contribution >= 4 is 0 Å². The molecule has 0 saturated carbocycles. The van der Waals surface area contributed by atoms with E-state index in [1.165, 1.54) is 20.8 Å². The van der Waals surface area contributed by atoms with Crippen molar-refractivity contribution in [2.24, 2.45) is 0 Å². The van der Waals surface area contributed by atoms with E-state index >= 15 is 0 Å². The van der Waals surface area contributed by atoms with Crippen LogP contribution in [0.5, 0.6) is 0 Å². The van der Waals surface area contributed by atoms with E-state index in [1.54, 1.807) is 6.08 Å². The predicted octanol–water partition coefficient (Wildman–Crippen LogP) is 0.582. The van der Waals surface area contributed by atoms with Crippen LogP contribution in [0.3, 0.4) is 0 Å². The van der Waals surface area contributed by atoms with Gasteiger partial charge in [0.1, 0.15) is 0 Å². The topological polar surface area (TPSA) is 18.5 Å². The van der Waals surface area contributed by atoms with Crippen LogP contribution in [0.1, 0.15) is 0 Å². The van der Waals surface area contributed by atoms with Crippen molar-refractivity contribution in [3.05, 3.63) is 12.7 Å².